The molecule has 3 aromatic rings. The first-order chi connectivity index (χ1) is 12.9. The van der Waals surface area contributed by atoms with Crippen molar-refractivity contribution in [1.29, 1.82) is 0 Å². The van der Waals surface area contributed by atoms with Gasteiger partial charge < -0.3 is 43.8 Å². The van der Waals surface area contributed by atoms with Crippen molar-refractivity contribution in [3.63, 3.8) is 0 Å². The van der Waals surface area contributed by atoms with Gasteiger partial charge in [-0.1, -0.05) is 0 Å². The number of aliphatic hydroxyl groups is 4. The molecule has 5 N–H and O–H groups in total. The summed E-state index contributed by atoms with van der Waals surface area (Å²) in [5.41, 5.74) is -0.508. The van der Waals surface area contributed by atoms with Gasteiger partial charge in [-0.15, -0.1) is 0 Å². The molecule has 0 aliphatic carbocycles. The fourth-order valence-corrected chi connectivity index (χ4v) is 3.09. The first-order valence-electron chi connectivity index (χ1n) is 8.05. The predicted octanol–water partition coefficient (Wildman–Crippen LogP) is -0.577. The van der Waals surface area contributed by atoms with Crippen LogP contribution in [0.1, 0.15) is 0 Å². The molecule has 144 valence electrons. The maximum absolute atomic E-state index is 11.6. The van der Waals surface area contributed by atoms with E-state index in [1.807, 2.05) is 0 Å². The molecule has 0 radical (unpaired) electrons. The Morgan fingerprint density at radius 2 is 1.78 bits per heavy atom. The number of phenolic OH excluding ortho intramolecular Hbond substituents is 1. The lowest BCUT2D eigenvalue weighted by molar-refractivity contribution is -0.277. The molecule has 1 aliphatic rings. The standard InChI is InChI=1S/C17H16O10/c18-5-8-11(21)12(22)13(23)17(25-8)27-14-7-1-2-9(19)26-16(7)15-6(10(14)20)3-4-24-15/h1-4,8,11-13,17-18,20-23H,5H2/t8-,11-,12+,13-,17+/m1/s1. The predicted molar refractivity (Wildman–Crippen MR) is 88.3 cm³/mol. The molecule has 1 fully saturated rings. The molecular weight excluding hydrogens is 364 g/mol. The third-order valence-corrected chi connectivity index (χ3v) is 4.50. The van der Waals surface area contributed by atoms with E-state index in [4.69, 9.17) is 18.3 Å². The van der Waals surface area contributed by atoms with E-state index >= 15 is 0 Å². The average Bonchev–Trinajstić information content (AvgIpc) is 3.15. The minimum atomic E-state index is -1.67. The Balaban J connectivity index is 1.83. The number of rotatable bonds is 3. The van der Waals surface area contributed by atoms with Gasteiger partial charge in [0.25, 0.3) is 0 Å². The zero-order valence-corrected chi connectivity index (χ0v) is 13.7. The van der Waals surface area contributed by atoms with E-state index in [2.05, 4.69) is 0 Å². The lowest BCUT2D eigenvalue weighted by Gasteiger charge is -2.39. The molecule has 10 nitrogen and oxygen atoms in total. The Hall–Kier alpha value is -2.63. The number of aromatic hydroxyl groups is 1. The van der Waals surface area contributed by atoms with Crippen LogP contribution in [-0.4, -0.2) is 62.8 Å². The van der Waals surface area contributed by atoms with Gasteiger partial charge in [-0.05, 0) is 12.1 Å². The lowest BCUT2D eigenvalue weighted by atomic mass is 9.99. The first-order valence-corrected chi connectivity index (χ1v) is 8.05. The van der Waals surface area contributed by atoms with Crippen molar-refractivity contribution >= 4 is 21.9 Å². The molecule has 1 saturated heterocycles. The van der Waals surface area contributed by atoms with Crippen LogP contribution in [0.15, 0.2) is 38.1 Å². The topological polar surface area (TPSA) is 163 Å². The van der Waals surface area contributed by atoms with Crippen LogP contribution >= 0.6 is 0 Å². The highest BCUT2D eigenvalue weighted by atomic mass is 16.7. The maximum atomic E-state index is 11.6. The monoisotopic (exact) mass is 380 g/mol. The van der Waals surface area contributed by atoms with E-state index in [1.54, 1.807) is 0 Å². The van der Waals surface area contributed by atoms with E-state index in [1.165, 1.54) is 18.4 Å². The third-order valence-electron chi connectivity index (χ3n) is 4.50. The summed E-state index contributed by atoms with van der Waals surface area (Å²) in [6.07, 6.45) is -6.29. The van der Waals surface area contributed by atoms with Gasteiger partial charge in [0.2, 0.25) is 6.29 Å². The highest BCUT2D eigenvalue weighted by Gasteiger charge is 2.45. The maximum Gasteiger partial charge on any atom is 0.336 e. The Kier molecular flexibility index (Phi) is 4.29. The highest BCUT2D eigenvalue weighted by Crippen LogP contribution is 2.44. The Labute approximate surface area is 150 Å². The molecule has 0 saturated carbocycles. The van der Waals surface area contributed by atoms with Crippen molar-refractivity contribution in [3.8, 4) is 11.5 Å². The molecule has 10 heteroatoms. The van der Waals surface area contributed by atoms with Crippen LogP contribution in [0.25, 0.3) is 21.9 Å². The van der Waals surface area contributed by atoms with Crippen LogP contribution in [0.4, 0.5) is 0 Å². The molecule has 0 amide bonds. The molecule has 27 heavy (non-hydrogen) atoms. The Morgan fingerprint density at radius 3 is 2.52 bits per heavy atom. The van der Waals surface area contributed by atoms with Crippen LogP contribution in [0, 0.1) is 0 Å². The van der Waals surface area contributed by atoms with Gasteiger partial charge in [0.15, 0.2) is 22.7 Å². The lowest BCUT2D eigenvalue weighted by Crippen LogP contribution is -2.60. The molecular formula is C17H16O10. The van der Waals surface area contributed by atoms with Crippen LogP contribution < -0.4 is 10.4 Å². The molecule has 0 unspecified atom stereocenters. The number of phenols is 1. The van der Waals surface area contributed by atoms with Gasteiger partial charge in [-0.3, -0.25) is 0 Å². The van der Waals surface area contributed by atoms with Crippen molar-refractivity contribution in [2.45, 2.75) is 30.7 Å². The molecule has 4 rings (SSSR count). The summed E-state index contributed by atoms with van der Waals surface area (Å²) < 4.78 is 21.3. The molecule has 3 heterocycles. The summed E-state index contributed by atoms with van der Waals surface area (Å²) in [6, 6.07) is 3.87. The Morgan fingerprint density at radius 1 is 1.00 bits per heavy atom. The number of aliphatic hydroxyl groups excluding tert-OH is 4. The minimum absolute atomic E-state index is 0.0138. The van der Waals surface area contributed by atoms with E-state index in [9.17, 15) is 30.3 Å². The van der Waals surface area contributed by atoms with Crippen molar-refractivity contribution in [2.75, 3.05) is 6.61 Å². The average molecular weight is 380 g/mol. The minimum Gasteiger partial charge on any atom is -0.504 e. The molecule has 0 spiro atoms. The number of ether oxygens (including phenoxy) is 2. The van der Waals surface area contributed by atoms with Gasteiger partial charge >= 0.3 is 5.63 Å². The Bertz CT molecular complexity index is 1040. The normalized spacial score (nSPS) is 28.7. The van der Waals surface area contributed by atoms with Crippen molar-refractivity contribution in [2.24, 2.45) is 0 Å². The van der Waals surface area contributed by atoms with Gasteiger partial charge in [0.1, 0.15) is 24.4 Å². The first kappa shape index (κ1) is 17.8. The summed E-state index contributed by atoms with van der Waals surface area (Å²) in [5.74, 6) is -0.552. The number of hydrogen-bond acceptors (Lipinski definition) is 10. The fourth-order valence-electron chi connectivity index (χ4n) is 3.09. The summed E-state index contributed by atoms with van der Waals surface area (Å²) in [4.78, 5) is 11.6. The van der Waals surface area contributed by atoms with Gasteiger partial charge in [-0.25, -0.2) is 4.79 Å². The molecule has 1 aliphatic heterocycles. The summed E-state index contributed by atoms with van der Waals surface area (Å²) in [5, 5.41) is 50.1. The zero-order valence-electron chi connectivity index (χ0n) is 13.7. The highest BCUT2D eigenvalue weighted by molar-refractivity contribution is 6.07. The second kappa shape index (κ2) is 6.51. The smallest absolute Gasteiger partial charge is 0.336 e. The van der Waals surface area contributed by atoms with Gasteiger partial charge in [-0.2, -0.15) is 0 Å². The summed E-state index contributed by atoms with van der Waals surface area (Å²) in [6.45, 7) is -0.632. The molecule has 5 atom stereocenters. The second-order valence-electron chi connectivity index (χ2n) is 6.15. The number of hydrogen-bond donors (Lipinski definition) is 5. The number of fused-ring (bicyclic) bond motifs is 3. The van der Waals surface area contributed by atoms with E-state index < -0.39 is 42.9 Å². The molecule has 2 aromatic heterocycles. The second-order valence-corrected chi connectivity index (χ2v) is 6.15. The third kappa shape index (κ3) is 2.74. The summed E-state index contributed by atoms with van der Waals surface area (Å²) >= 11 is 0. The molecule has 0 bridgehead atoms. The van der Waals surface area contributed by atoms with Gasteiger partial charge in [0, 0.05) is 6.07 Å². The molecule has 1 aromatic carbocycles. The van der Waals surface area contributed by atoms with E-state index in [-0.39, 0.29) is 33.4 Å². The van der Waals surface area contributed by atoms with Crippen LogP contribution in [0.5, 0.6) is 11.5 Å². The van der Waals surface area contributed by atoms with Gasteiger partial charge in [0.05, 0.1) is 23.6 Å². The fraction of sp³-hybridized carbons (Fsp3) is 0.353. The zero-order chi connectivity index (χ0) is 19.3. The van der Waals surface area contributed by atoms with Crippen LogP contribution in [0.2, 0.25) is 0 Å². The van der Waals surface area contributed by atoms with Crippen molar-refractivity contribution < 1.29 is 43.8 Å². The van der Waals surface area contributed by atoms with E-state index in [0.29, 0.717) is 0 Å². The summed E-state index contributed by atoms with van der Waals surface area (Å²) in [7, 11) is 0. The number of benzene rings is 1. The van der Waals surface area contributed by atoms with Crippen molar-refractivity contribution in [3.05, 3.63) is 34.9 Å². The number of furan rings is 1. The van der Waals surface area contributed by atoms with Crippen LogP contribution in [0.3, 0.4) is 0 Å². The SMILES string of the molecule is O=c1ccc2c(O[C@@H]3O[C@H](CO)[C@@H](O)[C@H](O)[C@H]3O)c(O)c3ccoc3c2o1. The quantitative estimate of drug-likeness (QED) is 0.372. The van der Waals surface area contributed by atoms with E-state index in [0.717, 1.165) is 6.07 Å². The van der Waals surface area contributed by atoms with Crippen molar-refractivity contribution in [1.82, 2.24) is 0 Å². The van der Waals surface area contributed by atoms with Crippen LogP contribution in [-0.2, 0) is 4.74 Å². The largest absolute Gasteiger partial charge is 0.504 e.